The van der Waals surface area contributed by atoms with Gasteiger partial charge in [-0.3, -0.25) is 4.79 Å². The van der Waals surface area contributed by atoms with Gasteiger partial charge in [-0.2, -0.15) is 0 Å². The molecule has 1 fully saturated rings. The van der Waals surface area contributed by atoms with Gasteiger partial charge in [-0.1, -0.05) is 6.07 Å². The van der Waals surface area contributed by atoms with Gasteiger partial charge in [0.25, 0.3) is 0 Å². The molecule has 152 valence electrons. The topological polar surface area (TPSA) is 82.6 Å². The molecule has 0 amide bonds. The molecule has 29 heavy (non-hydrogen) atoms. The average molecular weight is 398 g/mol. The number of hydrogen-bond acceptors (Lipinski definition) is 6. The molecule has 0 spiro atoms. The van der Waals surface area contributed by atoms with Crippen molar-refractivity contribution < 1.29 is 28.6 Å². The predicted molar refractivity (Wildman–Crippen MR) is 107 cm³/mol. The van der Waals surface area contributed by atoms with Crippen LogP contribution in [0, 0.1) is 6.92 Å². The number of methoxy groups -OCH3 is 1. The van der Waals surface area contributed by atoms with E-state index < -0.39 is 0 Å². The monoisotopic (exact) mass is 398 g/mol. The molecule has 1 aliphatic rings. The fourth-order valence-corrected chi connectivity index (χ4v) is 3.55. The van der Waals surface area contributed by atoms with E-state index in [1.807, 2.05) is 0 Å². The third-order valence-corrected chi connectivity index (χ3v) is 5.15. The lowest BCUT2D eigenvalue weighted by Crippen LogP contribution is -3.12. The van der Waals surface area contributed by atoms with Crippen LogP contribution < -0.4 is 19.8 Å². The van der Waals surface area contributed by atoms with Gasteiger partial charge in [0.15, 0.2) is 5.58 Å². The van der Waals surface area contributed by atoms with E-state index in [4.69, 9.17) is 18.6 Å². The van der Waals surface area contributed by atoms with Crippen molar-refractivity contribution >= 4 is 11.0 Å². The van der Waals surface area contributed by atoms with E-state index in [9.17, 15) is 9.90 Å². The van der Waals surface area contributed by atoms with Gasteiger partial charge in [-0.25, -0.2) is 0 Å². The smallest absolute Gasteiger partial charge is 0.235 e. The number of benzene rings is 2. The van der Waals surface area contributed by atoms with E-state index in [0.29, 0.717) is 53.6 Å². The average Bonchev–Trinajstić information content (AvgIpc) is 2.74. The Morgan fingerprint density at radius 2 is 1.90 bits per heavy atom. The van der Waals surface area contributed by atoms with Crippen LogP contribution in [0.4, 0.5) is 0 Å². The molecule has 7 heteroatoms. The SMILES string of the molecule is COc1cccc(Oc2c(C)oc3c(C[NH+]4CCOCC4)c(O)ccc3c2=O)c1. The van der Waals surface area contributed by atoms with Crippen LogP contribution in [0.1, 0.15) is 11.3 Å². The second kappa shape index (κ2) is 8.14. The van der Waals surface area contributed by atoms with Crippen molar-refractivity contribution in [2.45, 2.75) is 13.5 Å². The Balaban J connectivity index is 1.75. The normalized spacial score (nSPS) is 14.8. The molecule has 0 bridgehead atoms. The van der Waals surface area contributed by atoms with Crippen LogP contribution in [0.3, 0.4) is 0 Å². The first-order valence-corrected chi connectivity index (χ1v) is 9.58. The number of phenolic OH excluding ortho intramolecular Hbond substituents is 1. The standard InChI is InChI=1S/C22H23NO6/c1-14-21(29-16-5-3-4-15(12-16)26-2)20(25)17-6-7-19(24)18(22(17)28-14)13-23-8-10-27-11-9-23/h3-7,12,24H,8-11,13H2,1-2H3/p+1. The van der Waals surface area contributed by atoms with Crippen LogP contribution >= 0.6 is 0 Å². The van der Waals surface area contributed by atoms with Crippen molar-refractivity contribution in [1.29, 1.82) is 0 Å². The molecule has 2 heterocycles. The Bertz CT molecular complexity index is 1080. The molecular formula is C22H24NO6+. The van der Waals surface area contributed by atoms with Gasteiger partial charge in [0, 0.05) is 6.07 Å². The number of ether oxygens (including phenoxy) is 3. The summed E-state index contributed by atoms with van der Waals surface area (Å²) in [5.74, 6) is 1.72. The van der Waals surface area contributed by atoms with Crippen molar-refractivity contribution in [2.24, 2.45) is 0 Å². The number of phenols is 1. The van der Waals surface area contributed by atoms with Crippen molar-refractivity contribution in [2.75, 3.05) is 33.4 Å². The highest BCUT2D eigenvalue weighted by Gasteiger charge is 2.22. The van der Waals surface area contributed by atoms with Gasteiger partial charge in [-0.15, -0.1) is 0 Å². The molecule has 0 saturated carbocycles. The number of aromatic hydroxyl groups is 1. The number of quaternary nitrogens is 1. The number of rotatable bonds is 5. The van der Waals surface area contributed by atoms with Crippen LogP contribution in [-0.2, 0) is 11.3 Å². The fraction of sp³-hybridized carbons (Fsp3) is 0.318. The van der Waals surface area contributed by atoms with Gasteiger partial charge in [0.2, 0.25) is 11.2 Å². The van der Waals surface area contributed by atoms with Crippen molar-refractivity contribution in [1.82, 2.24) is 0 Å². The Kier molecular flexibility index (Phi) is 5.42. The fourth-order valence-electron chi connectivity index (χ4n) is 3.55. The highest BCUT2D eigenvalue weighted by Crippen LogP contribution is 2.31. The molecule has 1 saturated heterocycles. The zero-order chi connectivity index (χ0) is 20.4. The van der Waals surface area contributed by atoms with Gasteiger partial charge in [0.1, 0.15) is 42.6 Å². The Morgan fingerprint density at radius 3 is 2.66 bits per heavy atom. The molecule has 2 N–H and O–H groups in total. The molecule has 3 aromatic rings. The van der Waals surface area contributed by atoms with Gasteiger partial charge in [-0.05, 0) is 31.2 Å². The van der Waals surface area contributed by atoms with Crippen LogP contribution in [0.25, 0.3) is 11.0 Å². The number of morpholine rings is 1. The maximum Gasteiger partial charge on any atom is 0.235 e. The first-order chi connectivity index (χ1) is 14.1. The molecule has 1 aromatic heterocycles. The summed E-state index contributed by atoms with van der Waals surface area (Å²) in [5, 5.41) is 10.8. The van der Waals surface area contributed by atoms with Crippen molar-refractivity contribution in [3.63, 3.8) is 0 Å². The van der Waals surface area contributed by atoms with E-state index in [0.717, 1.165) is 13.1 Å². The third-order valence-electron chi connectivity index (χ3n) is 5.15. The molecule has 7 nitrogen and oxygen atoms in total. The van der Waals surface area contributed by atoms with Gasteiger partial charge < -0.3 is 28.6 Å². The highest BCUT2D eigenvalue weighted by atomic mass is 16.5. The summed E-state index contributed by atoms with van der Waals surface area (Å²) < 4.78 is 22.4. The summed E-state index contributed by atoms with van der Waals surface area (Å²) in [6, 6.07) is 10.1. The molecule has 0 aliphatic carbocycles. The molecule has 0 unspecified atom stereocenters. The molecular weight excluding hydrogens is 374 g/mol. The number of fused-ring (bicyclic) bond motifs is 1. The van der Waals surface area contributed by atoms with E-state index in [-0.39, 0.29) is 16.9 Å². The Morgan fingerprint density at radius 1 is 1.14 bits per heavy atom. The second-order valence-electron chi connectivity index (χ2n) is 7.08. The van der Waals surface area contributed by atoms with E-state index in [1.165, 1.54) is 4.90 Å². The maximum atomic E-state index is 13.1. The Hall–Kier alpha value is -3.03. The maximum absolute atomic E-state index is 13.1. The lowest BCUT2D eigenvalue weighted by Gasteiger charge is -2.24. The summed E-state index contributed by atoms with van der Waals surface area (Å²) in [7, 11) is 1.57. The quantitative estimate of drug-likeness (QED) is 0.684. The molecule has 1 aliphatic heterocycles. The van der Waals surface area contributed by atoms with Gasteiger partial charge >= 0.3 is 0 Å². The third kappa shape index (κ3) is 3.92. The molecule has 0 atom stereocenters. The van der Waals surface area contributed by atoms with Crippen molar-refractivity contribution in [3.05, 3.63) is 57.9 Å². The summed E-state index contributed by atoms with van der Waals surface area (Å²) in [6.45, 7) is 5.30. The number of aryl methyl sites for hydroxylation is 1. The Labute approximate surface area is 168 Å². The van der Waals surface area contributed by atoms with E-state index in [2.05, 4.69) is 0 Å². The summed E-state index contributed by atoms with van der Waals surface area (Å²) in [6.07, 6.45) is 0. The van der Waals surface area contributed by atoms with Crippen LogP contribution in [0.2, 0.25) is 0 Å². The minimum Gasteiger partial charge on any atom is -0.507 e. The summed E-state index contributed by atoms with van der Waals surface area (Å²) >= 11 is 0. The van der Waals surface area contributed by atoms with Crippen molar-refractivity contribution in [3.8, 4) is 23.0 Å². The van der Waals surface area contributed by atoms with E-state index in [1.54, 1.807) is 50.4 Å². The summed E-state index contributed by atoms with van der Waals surface area (Å²) in [4.78, 5) is 14.4. The minimum atomic E-state index is -0.273. The number of nitrogens with one attached hydrogen (secondary N) is 1. The highest BCUT2D eigenvalue weighted by molar-refractivity contribution is 5.83. The zero-order valence-electron chi connectivity index (χ0n) is 16.5. The minimum absolute atomic E-state index is 0.125. The molecule has 4 rings (SSSR count). The summed E-state index contributed by atoms with van der Waals surface area (Å²) in [5.41, 5.74) is 0.766. The van der Waals surface area contributed by atoms with Crippen LogP contribution in [0.15, 0.2) is 45.6 Å². The van der Waals surface area contributed by atoms with Crippen LogP contribution in [0.5, 0.6) is 23.0 Å². The predicted octanol–water partition coefficient (Wildman–Crippen LogP) is 2.02. The lowest BCUT2D eigenvalue weighted by atomic mass is 10.1. The molecule has 2 aromatic carbocycles. The van der Waals surface area contributed by atoms with Crippen LogP contribution in [-0.4, -0.2) is 38.5 Å². The largest absolute Gasteiger partial charge is 0.507 e. The molecule has 0 radical (unpaired) electrons. The second-order valence-corrected chi connectivity index (χ2v) is 7.08. The first kappa shape index (κ1) is 19.3. The zero-order valence-corrected chi connectivity index (χ0v) is 16.5. The van der Waals surface area contributed by atoms with Gasteiger partial charge in [0.05, 0.1) is 31.3 Å². The first-order valence-electron chi connectivity index (χ1n) is 9.58. The number of hydrogen-bond donors (Lipinski definition) is 2. The van der Waals surface area contributed by atoms with E-state index >= 15 is 0 Å². The lowest BCUT2D eigenvalue weighted by molar-refractivity contribution is -0.921.